The molecule has 0 saturated carbocycles. The van der Waals surface area contributed by atoms with E-state index in [2.05, 4.69) is 13.8 Å². The van der Waals surface area contributed by atoms with Crippen LogP contribution in [0.3, 0.4) is 0 Å². The number of hydrogen-bond donors (Lipinski definition) is 1. The van der Waals surface area contributed by atoms with Crippen LogP contribution < -0.4 is 4.74 Å². The Morgan fingerprint density at radius 2 is 2.00 bits per heavy atom. The van der Waals surface area contributed by atoms with E-state index in [1.165, 1.54) is 5.75 Å². The van der Waals surface area contributed by atoms with Gasteiger partial charge in [-0.15, -0.1) is 0 Å². The van der Waals surface area contributed by atoms with Gasteiger partial charge in [-0.2, -0.15) is 23.5 Å². The number of aliphatic hydroxyl groups excluding tert-OH is 1. The number of benzene rings is 1. The minimum Gasteiger partial charge on any atom is -0.493 e. The maximum absolute atomic E-state index is 10.8. The lowest BCUT2D eigenvalue weighted by Crippen LogP contribution is -2.31. The summed E-state index contributed by atoms with van der Waals surface area (Å²) >= 11 is 3.90. The van der Waals surface area contributed by atoms with Gasteiger partial charge < -0.3 is 9.84 Å². The van der Waals surface area contributed by atoms with Crippen molar-refractivity contribution in [2.75, 3.05) is 18.1 Å². The Kier molecular flexibility index (Phi) is 6.59. The van der Waals surface area contributed by atoms with Crippen molar-refractivity contribution in [3.63, 3.8) is 0 Å². The van der Waals surface area contributed by atoms with Crippen LogP contribution >= 0.6 is 23.5 Å². The van der Waals surface area contributed by atoms with Gasteiger partial charge in [0.25, 0.3) is 0 Å². The summed E-state index contributed by atoms with van der Waals surface area (Å²) in [5, 5.41) is 11.6. The molecule has 0 aromatic heterocycles. The molecule has 2 nitrogen and oxygen atoms in total. The van der Waals surface area contributed by atoms with Crippen molar-refractivity contribution in [1.82, 2.24) is 0 Å². The number of hydrogen-bond acceptors (Lipinski definition) is 4. The highest BCUT2D eigenvalue weighted by atomic mass is 32.2. The fourth-order valence-electron chi connectivity index (χ4n) is 2.48. The first kappa shape index (κ1) is 16.1. The molecule has 1 heterocycles. The Labute approximate surface area is 130 Å². The molecule has 20 heavy (non-hydrogen) atoms. The highest BCUT2D eigenvalue weighted by Crippen LogP contribution is 2.42. The minimum atomic E-state index is -0.439. The summed E-state index contributed by atoms with van der Waals surface area (Å²) in [6.07, 6.45) is 1.65. The molecule has 0 bridgehead atoms. The number of thioether (sulfide) groups is 2. The number of rotatable bonds is 6. The predicted molar refractivity (Wildman–Crippen MR) is 90.0 cm³/mol. The number of ether oxygens (including phenoxy) is 1. The third-order valence-corrected chi connectivity index (χ3v) is 6.84. The molecule has 1 aliphatic rings. The van der Waals surface area contributed by atoms with Crippen LogP contribution in [0.2, 0.25) is 0 Å². The van der Waals surface area contributed by atoms with Crippen molar-refractivity contribution < 1.29 is 9.84 Å². The molecule has 0 radical (unpaired) electrons. The normalized spacial score (nSPS) is 24.4. The summed E-state index contributed by atoms with van der Waals surface area (Å²) in [5.74, 6) is 3.16. The molecule has 3 unspecified atom stereocenters. The lowest BCUT2D eigenvalue weighted by molar-refractivity contribution is 0.166. The highest BCUT2D eigenvalue weighted by Gasteiger charge is 2.33. The van der Waals surface area contributed by atoms with Gasteiger partial charge in [0, 0.05) is 27.6 Å². The molecule has 0 spiro atoms. The summed E-state index contributed by atoms with van der Waals surface area (Å²) in [6.45, 7) is 5.01. The SMILES string of the molecule is CCCOc1ccccc1C(O)C1SCCSC1CC. The third kappa shape index (κ3) is 3.86. The van der Waals surface area contributed by atoms with E-state index in [1.54, 1.807) is 0 Å². The molecule has 1 aromatic carbocycles. The van der Waals surface area contributed by atoms with Gasteiger partial charge >= 0.3 is 0 Å². The topological polar surface area (TPSA) is 29.5 Å². The van der Waals surface area contributed by atoms with E-state index >= 15 is 0 Å². The van der Waals surface area contributed by atoms with Crippen LogP contribution in [0, 0.1) is 0 Å². The zero-order chi connectivity index (χ0) is 14.4. The Bertz CT molecular complexity index is 411. The Morgan fingerprint density at radius 3 is 2.75 bits per heavy atom. The fourth-order valence-corrected chi connectivity index (χ4v) is 5.60. The summed E-state index contributed by atoms with van der Waals surface area (Å²) in [4.78, 5) is 0. The second-order valence-electron chi connectivity index (χ2n) is 4.98. The van der Waals surface area contributed by atoms with Gasteiger partial charge in [-0.1, -0.05) is 32.0 Å². The molecule has 0 amide bonds. The largest absolute Gasteiger partial charge is 0.493 e. The standard InChI is InChI=1S/C16H24O2S2/c1-3-9-18-13-8-6-5-7-12(13)15(17)16-14(4-2)19-10-11-20-16/h5-8,14-17H,3-4,9-11H2,1-2H3. The van der Waals surface area contributed by atoms with Crippen molar-refractivity contribution in [2.24, 2.45) is 0 Å². The lowest BCUT2D eigenvalue weighted by Gasteiger charge is -2.34. The minimum absolute atomic E-state index is 0.269. The monoisotopic (exact) mass is 312 g/mol. The highest BCUT2D eigenvalue weighted by molar-refractivity contribution is 8.07. The smallest absolute Gasteiger partial charge is 0.125 e. The quantitative estimate of drug-likeness (QED) is 0.855. The van der Waals surface area contributed by atoms with Crippen LogP contribution in [0.5, 0.6) is 5.75 Å². The molecule has 1 aliphatic heterocycles. The predicted octanol–water partition coefficient (Wildman–Crippen LogP) is 4.14. The van der Waals surface area contributed by atoms with Gasteiger partial charge in [0.05, 0.1) is 12.7 Å². The summed E-state index contributed by atoms with van der Waals surface area (Å²) in [6, 6.07) is 7.93. The summed E-state index contributed by atoms with van der Waals surface area (Å²) < 4.78 is 5.79. The molecule has 0 aliphatic carbocycles. The first-order valence-corrected chi connectivity index (χ1v) is 9.50. The molecule has 2 rings (SSSR count). The van der Waals surface area contributed by atoms with Gasteiger partial charge in [-0.25, -0.2) is 0 Å². The van der Waals surface area contributed by atoms with Crippen LogP contribution in [0.15, 0.2) is 24.3 Å². The Balaban J connectivity index is 2.16. The lowest BCUT2D eigenvalue weighted by atomic mass is 10.0. The fraction of sp³-hybridized carbons (Fsp3) is 0.625. The van der Waals surface area contributed by atoms with Crippen LogP contribution in [0.1, 0.15) is 38.4 Å². The molecule has 1 aromatic rings. The number of para-hydroxylation sites is 1. The van der Waals surface area contributed by atoms with Crippen LogP contribution in [-0.4, -0.2) is 33.7 Å². The van der Waals surface area contributed by atoms with Crippen molar-refractivity contribution >= 4 is 23.5 Å². The zero-order valence-electron chi connectivity index (χ0n) is 12.2. The van der Waals surface area contributed by atoms with E-state index in [-0.39, 0.29) is 5.25 Å². The first-order valence-electron chi connectivity index (χ1n) is 7.40. The second kappa shape index (κ2) is 8.20. The average Bonchev–Trinajstić information content (AvgIpc) is 2.52. The van der Waals surface area contributed by atoms with Crippen molar-refractivity contribution in [3.05, 3.63) is 29.8 Å². The average molecular weight is 312 g/mol. The molecule has 112 valence electrons. The zero-order valence-corrected chi connectivity index (χ0v) is 13.9. The van der Waals surface area contributed by atoms with E-state index < -0.39 is 6.10 Å². The van der Waals surface area contributed by atoms with Gasteiger partial charge in [-0.3, -0.25) is 0 Å². The summed E-state index contributed by atoms with van der Waals surface area (Å²) in [5.41, 5.74) is 0.944. The maximum atomic E-state index is 10.8. The van der Waals surface area contributed by atoms with Gasteiger partial charge in [0.15, 0.2) is 0 Å². The Hall–Kier alpha value is -0.320. The molecule has 1 N–H and O–H groups in total. The van der Waals surface area contributed by atoms with Crippen LogP contribution in [-0.2, 0) is 0 Å². The molecular weight excluding hydrogens is 288 g/mol. The molecular formula is C16H24O2S2. The van der Waals surface area contributed by atoms with E-state index in [0.717, 1.165) is 29.9 Å². The van der Waals surface area contributed by atoms with Crippen LogP contribution in [0.4, 0.5) is 0 Å². The molecule has 1 saturated heterocycles. The third-order valence-electron chi connectivity index (χ3n) is 3.50. The number of aliphatic hydroxyl groups is 1. The maximum Gasteiger partial charge on any atom is 0.125 e. The summed E-state index contributed by atoms with van der Waals surface area (Å²) in [7, 11) is 0. The van der Waals surface area contributed by atoms with E-state index in [0.29, 0.717) is 11.9 Å². The van der Waals surface area contributed by atoms with Crippen molar-refractivity contribution in [3.8, 4) is 5.75 Å². The van der Waals surface area contributed by atoms with Crippen LogP contribution in [0.25, 0.3) is 0 Å². The molecule has 1 fully saturated rings. The Morgan fingerprint density at radius 1 is 1.25 bits per heavy atom. The molecule has 3 atom stereocenters. The first-order chi connectivity index (χ1) is 9.77. The molecule has 4 heteroatoms. The van der Waals surface area contributed by atoms with Crippen molar-refractivity contribution in [2.45, 2.75) is 43.3 Å². The van der Waals surface area contributed by atoms with E-state index in [4.69, 9.17) is 4.74 Å². The van der Waals surface area contributed by atoms with Crippen molar-refractivity contribution in [1.29, 1.82) is 0 Å². The second-order valence-corrected chi connectivity index (χ2v) is 7.62. The van der Waals surface area contributed by atoms with Gasteiger partial charge in [0.1, 0.15) is 5.75 Å². The van der Waals surface area contributed by atoms with Gasteiger partial charge in [0.2, 0.25) is 0 Å². The van der Waals surface area contributed by atoms with Gasteiger partial charge in [-0.05, 0) is 18.9 Å². The van der Waals surface area contributed by atoms with E-state index in [9.17, 15) is 5.11 Å². The van der Waals surface area contributed by atoms with E-state index in [1.807, 2.05) is 47.8 Å².